The van der Waals surface area contributed by atoms with Gasteiger partial charge in [-0.15, -0.1) is 0 Å². The highest BCUT2D eigenvalue weighted by Crippen LogP contribution is 2.32. The minimum Gasteiger partial charge on any atom is -0.435 e. The molecule has 0 unspecified atom stereocenters. The molecule has 0 bridgehead atoms. The van der Waals surface area contributed by atoms with Crippen molar-refractivity contribution < 1.29 is 9.21 Å². The van der Waals surface area contributed by atoms with Crippen molar-refractivity contribution in [2.75, 3.05) is 65.3 Å². The van der Waals surface area contributed by atoms with Gasteiger partial charge in [-0.1, -0.05) is 32.9 Å². The van der Waals surface area contributed by atoms with Crippen LogP contribution in [0.1, 0.15) is 43.2 Å². The van der Waals surface area contributed by atoms with Gasteiger partial charge in [-0.3, -0.25) is 4.79 Å². The van der Waals surface area contributed by atoms with Gasteiger partial charge in [0.2, 0.25) is 5.89 Å². The third-order valence-corrected chi connectivity index (χ3v) is 7.02. The van der Waals surface area contributed by atoms with Gasteiger partial charge < -0.3 is 24.4 Å². The highest BCUT2D eigenvalue weighted by atomic mass is 16.4. The molecule has 0 radical (unpaired) electrons. The molecule has 0 saturated carbocycles. The van der Waals surface area contributed by atoms with E-state index in [1.807, 2.05) is 55.4 Å². The van der Waals surface area contributed by atoms with Crippen LogP contribution in [0.3, 0.4) is 0 Å². The number of carbonyl (C=O) groups excluding carboxylic acids is 1. The van der Waals surface area contributed by atoms with Crippen LogP contribution in [0.2, 0.25) is 0 Å². The maximum absolute atomic E-state index is 13.3. The molecule has 1 saturated heterocycles. The summed E-state index contributed by atoms with van der Waals surface area (Å²) in [7, 11) is 6.17. The van der Waals surface area contributed by atoms with Gasteiger partial charge in [-0.05, 0) is 67.4 Å². The summed E-state index contributed by atoms with van der Waals surface area (Å²) >= 11 is 0. The smallest absolute Gasteiger partial charge is 0.273 e. The summed E-state index contributed by atoms with van der Waals surface area (Å²) in [6.07, 6.45) is 0.904. The lowest BCUT2D eigenvalue weighted by Gasteiger charge is -2.32. The van der Waals surface area contributed by atoms with Crippen molar-refractivity contribution in [3.63, 3.8) is 0 Å². The Morgan fingerprint density at radius 3 is 2.19 bits per heavy atom. The number of piperazine rings is 1. The Kier molecular flexibility index (Phi) is 8.35. The number of amides is 1. The number of hydrogen-bond donors (Lipinski definition) is 1. The molecule has 1 N–H and O–H groups in total. The number of carbonyl (C=O) groups is 1. The molecule has 1 aliphatic heterocycles. The van der Waals surface area contributed by atoms with E-state index >= 15 is 0 Å². The lowest BCUT2D eigenvalue weighted by atomic mass is 9.87. The number of nitrogens with zero attached hydrogens (tertiary/aromatic N) is 4. The molecule has 0 spiro atoms. The van der Waals surface area contributed by atoms with Gasteiger partial charge >= 0.3 is 0 Å². The molecule has 7 nitrogen and oxygen atoms in total. The Bertz CT molecular complexity index is 1170. The number of oxazole rings is 1. The molecule has 0 aliphatic carbocycles. The van der Waals surface area contributed by atoms with E-state index in [2.05, 4.69) is 60.1 Å². The van der Waals surface area contributed by atoms with Gasteiger partial charge in [-0.2, -0.15) is 0 Å². The predicted molar refractivity (Wildman–Crippen MR) is 151 cm³/mol. The number of nitrogens with one attached hydrogen (secondary N) is 1. The monoisotopic (exact) mass is 503 g/mol. The summed E-state index contributed by atoms with van der Waals surface area (Å²) in [6, 6.07) is 16.2. The number of likely N-dealkylation sites (N-methyl/N-ethyl adjacent to an activating group) is 1. The van der Waals surface area contributed by atoms with Crippen LogP contribution >= 0.6 is 0 Å². The number of aromatic nitrogens is 1. The van der Waals surface area contributed by atoms with Crippen molar-refractivity contribution in [2.45, 2.75) is 32.6 Å². The number of anilines is 1. The van der Waals surface area contributed by atoms with E-state index in [-0.39, 0.29) is 11.3 Å². The van der Waals surface area contributed by atoms with Crippen molar-refractivity contribution in [1.29, 1.82) is 0 Å². The molecule has 2 aromatic carbocycles. The van der Waals surface area contributed by atoms with Crippen LogP contribution in [0.4, 0.5) is 5.69 Å². The third-order valence-electron chi connectivity index (χ3n) is 7.02. The van der Waals surface area contributed by atoms with E-state index in [1.54, 1.807) is 0 Å². The van der Waals surface area contributed by atoms with Crippen molar-refractivity contribution >= 4 is 11.6 Å². The van der Waals surface area contributed by atoms with E-state index in [9.17, 15) is 4.79 Å². The minimum absolute atomic E-state index is 0.0592. The largest absolute Gasteiger partial charge is 0.435 e. The highest BCUT2D eigenvalue weighted by molar-refractivity contribution is 5.98. The summed E-state index contributed by atoms with van der Waals surface area (Å²) in [5, 5.41) is 3.07. The van der Waals surface area contributed by atoms with Crippen LogP contribution < -0.4 is 10.2 Å². The Labute approximate surface area is 221 Å². The Morgan fingerprint density at radius 2 is 1.59 bits per heavy atom. The summed E-state index contributed by atoms with van der Waals surface area (Å²) in [5.74, 6) is 0.748. The van der Waals surface area contributed by atoms with Gasteiger partial charge in [0.05, 0.1) is 0 Å². The Morgan fingerprint density at radius 1 is 0.973 bits per heavy atom. The van der Waals surface area contributed by atoms with E-state index < -0.39 is 0 Å². The molecular weight excluding hydrogens is 462 g/mol. The molecule has 2 heterocycles. The first-order valence-corrected chi connectivity index (χ1v) is 13.2. The number of hydrogen-bond acceptors (Lipinski definition) is 6. The fraction of sp³-hybridized carbons (Fsp3) is 0.467. The average molecular weight is 504 g/mol. The summed E-state index contributed by atoms with van der Waals surface area (Å²) in [4.78, 5) is 24.8. The first kappa shape index (κ1) is 26.9. The van der Waals surface area contributed by atoms with Gasteiger partial charge in [0.1, 0.15) is 0 Å². The first-order valence-electron chi connectivity index (χ1n) is 13.2. The van der Waals surface area contributed by atoms with Crippen molar-refractivity contribution in [1.82, 2.24) is 20.1 Å². The second-order valence-corrected chi connectivity index (χ2v) is 11.2. The predicted octanol–water partition coefficient (Wildman–Crippen LogP) is 4.74. The number of rotatable bonds is 8. The zero-order valence-corrected chi connectivity index (χ0v) is 23.2. The zero-order chi connectivity index (χ0) is 26.6. The topological polar surface area (TPSA) is 64.8 Å². The molecule has 37 heavy (non-hydrogen) atoms. The quantitative estimate of drug-likeness (QED) is 0.448. The standard InChI is InChI=1S/C30H41N5O2/c1-30(2,3)24-12-8-23(9-13-24)29-32-26(27(37-29)22-10-14-25(15-11-22)33(4)5)28(36)31-16-7-17-35-20-18-34(6)19-21-35/h8-15H,7,16-21H2,1-6H3,(H,31,36). The van der Waals surface area contributed by atoms with E-state index in [0.717, 1.165) is 56.0 Å². The fourth-order valence-corrected chi connectivity index (χ4v) is 4.48. The summed E-state index contributed by atoms with van der Waals surface area (Å²) < 4.78 is 6.25. The molecule has 1 fully saturated rings. The molecule has 1 amide bonds. The van der Waals surface area contributed by atoms with Crippen LogP contribution in [0.15, 0.2) is 52.9 Å². The third kappa shape index (κ3) is 6.79. The van der Waals surface area contributed by atoms with Crippen LogP contribution in [0.5, 0.6) is 0 Å². The zero-order valence-electron chi connectivity index (χ0n) is 23.2. The minimum atomic E-state index is -0.202. The fourth-order valence-electron chi connectivity index (χ4n) is 4.48. The molecule has 7 heteroatoms. The molecule has 3 aromatic rings. The Hall–Kier alpha value is -3.16. The maximum atomic E-state index is 13.3. The van der Waals surface area contributed by atoms with E-state index in [1.165, 1.54) is 5.56 Å². The molecule has 1 aromatic heterocycles. The molecular formula is C30H41N5O2. The van der Waals surface area contributed by atoms with Crippen molar-refractivity contribution in [3.8, 4) is 22.8 Å². The van der Waals surface area contributed by atoms with Gasteiger partial charge in [-0.25, -0.2) is 4.98 Å². The highest BCUT2D eigenvalue weighted by Gasteiger charge is 2.23. The van der Waals surface area contributed by atoms with Crippen molar-refractivity contribution in [2.24, 2.45) is 0 Å². The molecule has 0 atom stereocenters. The van der Waals surface area contributed by atoms with E-state index in [0.29, 0.717) is 23.9 Å². The summed E-state index contributed by atoms with van der Waals surface area (Å²) in [5.41, 5.74) is 4.39. The second kappa shape index (κ2) is 11.5. The average Bonchev–Trinajstić information content (AvgIpc) is 3.33. The summed E-state index contributed by atoms with van der Waals surface area (Å²) in [6.45, 7) is 12.5. The molecule has 1 aliphatic rings. The van der Waals surface area contributed by atoms with Crippen LogP contribution in [0.25, 0.3) is 22.8 Å². The van der Waals surface area contributed by atoms with Gasteiger partial charge in [0.25, 0.3) is 5.91 Å². The van der Waals surface area contributed by atoms with Crippen LogP contribution in [-0.4, -0.2) is 81.1 Å². The van der Waals surface area contributed by atoms with Gasteiger partial charge in [0.15, 0.2) is 11.5 Å². The maximum Gasteiger partial charge on any atom is 0.273 e. The van der Waals surface area contributed by atoms with Gasteiger partial charge in [0, 0.05) is 63.6 Å². The SMILES string of the molecule is CN1CCN(CCCNC(=O)c2nc(-c3ccc(C(C)(C)C)cc3)oc2-c2ccc(N(C)C)cc2)CC1. The lowest BCUT2D eigenvalue weighted by molar-refractivity contribution is 0.0945. The number of benzene rings is 2. The molecule has 198 valence electrons. The Balaban J connectivity index is 1.52. The molecule has 4 rings (SSSR count). The lowest BCUT2D eigenvalue weighted by Crippen LogP contribution is -2.45. The normalized spacial score (nSPS) is 15.1. The first-order chi connectivity index (χ1) is 17.6. The van der Waals surface area contributed by atoms with Crippen LogP contribution in [-0.2, 0) is 5.41 Å². The van der Waals surface area contributed by atoms with E-state index in [4.69, 9.17) is 4.42 Å². The van der Waals surface area contributed by atoms with Crippen molar-refractivity contribution in [3.05, 3.63) is 59.8 Å². The second-order valence-electron chi connectivity index (χ2n) is 11.2. The van der Waals surface area contributed by atoms with Crippen LogP contribution in [0, 0.1) is 0 Å².